The van der Waals surface area contributed by atoms with Crippen LogP contribution in [0.5, 0.6) is 5.75 Å². The lowest BCUT2D eigenvalue weighted by molar-refractivity contribution is -0.214. The van der Waals surface area contributed by atoms with Crippen LogP contribution in [-0.2, 0) is 60.5 Å². The minimum Gasteiger partial charge on any atom is -0.496 e. The molecular formula is C49H73N3O12. The number of methoxy groups -OCH3 is 1. The maximum absolute atomic E-state index is 13.8. The Bertz CT molecular complexity index is 1990. The van der Waals surface area contributed by atoms with Crippen LogP contribution in [0, 0.1) is 18.3 Å². The van der Waals surface area contributed by atoms with E-state index in [-0.39, 0.29) is 49.8 Å². The first-order valence-electron chi connectivity index (χ1n) is 22.2. The van der Waals surface area contributed by atoms with Crippen molar-refractivity contribution in [1.82, 2.24) is 16.0 Å². The van der Waals surface area contributed by atoms with Gasteiger partial charge < -0.3 is 44.4 Å². The van der Waals surface area contributed by atoms with Crippen LogP contribution in [0.1, 0.15) is 148 Å². The van der Waals surface area contributed by atoms with E-state index in [4.69, 9.17) is 28.4 Å². The lowest BCUT2D eigenvalue weighted by Crippen LogP contribution is -2.58. The fourth-order valence-corrected chi connectivity index (χ4v) is 7.54. The minimum atomic E-state index is -1.21. The summed E-state index contributed by atoms with van der Waals surface area (Å²) in [4.78, 5) is 75.3. The Labute approximate surface area is 379 Å². The van der Waals surface area contributed by atoms with Gasteiger partial charge in [-0.3, -0.25) is 24.0 Å². The molecule has 356 valence electrons. The highest BCUT2D eigenvalue weighted by molar-refractivity contribution is 5.92. The molecular weight excluding hydrogens is 823 g/mol. The van der Waals surface area contributed by atoms with Crippen LogP contribution >= 0.6 is 0 Å². The van der Waals surface area contributed by atoms with E-state index in [1.807, 2.05) is 32.9 Å². The zero-order chi connectivity index (χ0) is 48.3. The van der Waals surface area contributed by atoms with Crippen molar-refractivity contribution in [2.45, 2.75) is 164 Å². The first-order chi connectivity index (χ1) is 29.7. The second kappa shape index (κ2) is 22.6. The summed E-state index contributed by atoms with van der Waals surface area (Å²) in [5, 5.41) is 8.32. The van der Waals surface area contributed by atoms with Crippen LogP contribution in [0.25, 0.3) is 0 Å². The van der Waals surface area contributed by atoms with E-state index in [9.17, 15) is 28.8 Å². The SMILES string of the molecule is CCC(C)c1cc(OC)c(C2OC(COC(C)=O)CC(OC(C)=O)C2OC(C)=O)cc1Cc1ccc(CC(C)C(C)(C)C(=O)NC(C)(C)C(=O)NCCNC(=O)OC(C)(C)C)cc1C. The smallest absolute Gasteiger partial charge is 0.407 e. The molecule has 3 rings (SSSR count). The first kappa shape index (κ1) is 53.2. The highest BCUT2D eigenvalue weighted by atomic mass is 16.6. The van der Waals surface area contributed by atoms with Gasteiger partial charge in [-0.25, -0.2) is 4.79 Å². The number of rotatable bonds is 19. The monoisotopic (exact) mass is 896 g/mol. The molecule has 3 N–H and O–H groups in total. The Morgan fingerprint density at radius 2 is 1.47 bits per heavy atom. The van der Waals surface area contributed by atoms with Crippen molar-refractivity contribution in [1.29, 1.82) is 0 Å². The normalized spacial score (nSPS) is 18.7. The molecule has 0 aliphatic carbocycles. The molecule has 0 aromatic heterocycles. The molecule has 6 atom stereocenters. The average Bonchev–Trinajstić information content (AvgIpc) is 3.18. The number of aryl methyl sites for hydroxylation is 1. The molecule has 1 aliphatic heterocycles. The van der Waals surface area contributed by atoms with Crippen LogP contribution in [-0.4, -0.2) is 92.1 Å². The van der Waals surface area contributed by atoms with Crippen LogP contribution in [0.3, 0.4) is 0 Å². The maximum atomic E-state index is 13.8. The van der Waals surface area contributed by atoms with E-state index in [1.54, 1.807) is 41.7 Å². The fourth-order valence-electron chi connectivity index (χ4n) is 7.54. The van der Waals surface area contributed by atoms with Gasteiger partial charge in [0, 0.05) is 51.3 Å². The lowest BCUT2D eigenvalue weighted by Gasteiger charge is -2.41. The molecule has 0 spiro atoms. The summed E-state index contributed by atoms with van der Waals surface area (Å²) in [6.45, 7) is 24.8. The minimum absolute atomic E-state index is 0.0876. The number of carbonyl (C=O) groups is 6. The number of ether oxygens (including phenoxy) is 6. The molecule has 0 bridgehead atoms. The molecule has 1 fully saturated rings. The van der Waals surface area contributed by atoms with Gasteiger partial charge in [-0.2, -0.15) is 0 Å². The molecule has 1 saturated heterocycles. The van der Waals surface area contributed by atoms with Crippen molar-refractivity contribution in [3.8, 4) is 5.75 Å². The van der Waals surface area contributed by atoms with Gasteiger partial charge in [-0.1, -0.05) is 52.8 Å². The highest BCUT2D eigenvalue weighted by Crippen LogP contribution is 2.43. The number of esters is 3. The van der Waals surface area contributed by atoms with Gasteiger partial charge in [0.25, 0.3) is 0 Å². The largest absolute Gasteiger partial charge is 0.496 e. The van der Waals surface area contributed by atoms with E-state index in [0.717, 1.165) is 34.2 Å². The summed E-state index contributed by atoms with van der Waals surface area (Å²) >= 11 is 0. The molecule has 0 radical (unpaired) electrons. The molecule has 6 unspecified atom stereocenters. The Hall–Kier alpha value is -5.18. The van der Waals surface area contributed by atoms with Crippen LogP contribution in [0.2, 0.25) is 0 Å². The van der Waals surface area contributed by atoms with Gasteiger partial charge in [-0.15, -0.1) is 0 Å². The Balaban J connectivity index is 1.87. The van der Waals surface area contributed by atoms with E-state index < -0.39 is 65.0 Å². The number of benzene rings is 2. The zero-order valence-corrected chi connectivity index (χ0v) is 40.7. The molecule has 0 saturated carbocycles. The Morgan fingerprint density at radius 1 is 0.828 bits per heavy atom. The average molecular weight is 896 g/mol. The Kier molecular flexibility index (Phi) is 18.8. The van der Waals surface area contributed by atoms with E-state index in [1.165, 1.54) is 20.8 Å². The van der Waals surface area contributed by atoms with Crippen LogP contribution in [0.4, 0.5) is 4.79 Å². The molecule has 64 heavy (non-hydrogen) atoms. The fraction of sp³-hybridized carbons (Fsp3) is 0.633. The summed E-state index contributed by atoms with van der Waals surface area (Å²) < 4.78 is 34.5. The quantitative estimate of drug-likeness (QED) is 0.0737. The summed E-state index contributed by atoms with van der Waals surface area (Å²) in [5.41, 5.74) is 3.18. The van der Waals surface area contributed by atoms with Crippen molar-refractivity contribution in [2.75, 3.05) is 26.8 Å². The van der Waals surface area contributed by atoms with Crippen molar-refractivity contribution >= 4 is 35.8 Å². The first-order valence-corrected chi connectivity index (χ1v) is 22.2. The third-order valence-electron chi connectivity index (χ3n) is 11.8. The standard InChI is InChI=1S/C49H73N3O12/c1-16-28(2)38-26-40(59-15)39(42-43(62-33(7)55)41(61-32(6)54)25-37(63-42)27-60-31(5)53)24-36(38)23-35-18-17-34(21-29(35)3)22-30(4)48(11,12)44(56)52-49(13,14)45(57)50-19-20-51-46(58)64-47(8,9)10/h17-18,21,24,26,28,30,37,41-43H,16,19-20,22-23,25,27H2,1-15H3,(H,50,57)(H,51,58)(H,52,56). The maximum Gasteiger partial charge on any atom is 0.407 e. The number of nitrogens with one attached hydrogen (secondary N) is 3. The molecule has 1 aliphatic rings. The number of hydrogen-bond donors (Lipinski definition) is 3. The molecule has 15 heteroatoms. The zero-order valence-electron chi connectivity index (χ0n) is 40.7. The Morgan fingerprint density at radius 3 is 2.03 bits per heavy atom. The van der Waals surface area contributed by atoms with Gasteiger partial charge in [0.15, 0.2) is 6.10 Å². The van der Waals surface area contributed by atoms with E-state index >= 15 is 0 Å². The van der Waals surface area contributed by atoms with Crippen molar-refractivity contribution in [3.05, 3.63) is 63.7 Å². The van der Waals surface area contributed by atoms with Crippen LogP contribution in [0.15, 0.2) is 30.3 Å². The van der Waals surface area contributed by atoms with Gasteiger partial charge in [0.1, 0.15) is 35.7 Å². The molecule has 15 nitrogen and oxygen atoms in total. The molecule has 3 amide bonds. The summed E-state index contributed by atoms with van der Waals surface area (Å²) in [6, 6.07) is 10.3. The summed E-state index contributed by atoms with van der Waals surface area (Å²) in [5.74, 6) is -1.70. The van der Waals surface area contributed by atoms with Crippen LogP contribution < -0.4 is 20.7 Å². The van der Waals surface area contributed by atoms with Crippen molar-refractivity contribution in [3.63, 3.8) is 0 Å². The van der Waals surface area contributed by atoms with E-state index in [0.29, 0.717) is 24.2 Å². The highest BCUT2D eigenvalue weighted by Gasteiger charge is 2.46. The number of hydrogen-bond acceptors (Lipinski definition) is 12. The molecule has 1 heterocycles. The van der Waals surface area contributed by atoms with Gasteiger partial charge >= 0.3 is 24.0 Å². The summed E-state index contributed by atoms with van der Waals surface area (Å²) in [6.07, 6.45) is -1.92. The second-order valence-corrected chi connectivity index (χ2v) is 19.1. The van der Waals surface area contributed by atoms with Gasteiger partial charge in [0.2, 0.25) is 11.8 Å². The predicted molar refractivity (Wildman–Crippen MR) is 242 cm³/mol. The van der Waals surface area contributed by atoms with Crippen molar-refractivity contribution < 1.29 is 57.2 Å². The summed E-state index contributed by atoms with van der Waals surface area (Å²) in [7, 11) is 1.56. The molecule has 2 aromatic rings. The van der Waals surface area contributed by atoms with Gasteiger partial charge in [0.05, 0.1) is 13.2 Å². The number of carbonyl (C=O) groups excluding carboxylic acids is 6. The third kappa shape index (κ3) is 15.2. The third-order valence-corrected chi connectivity index (χ3v) is 11.8. The number of amides is 3. The second-order valence-electron chi connectivity index (χ2n) is 19.1. The topological polar surface area (TPSA) is 194 Å². The van der Waals surface area contributed by atoms with E-state index in [2.05, 4.69) is 54.9 Å². The predicted octanol–water partition coefficient (Wildman–Crippen LogP) is 7.10. The lowest BCUT2D eigenvalue weighted by atomic mass is 9.75. The van der Waals surface area contributed by atoms with Crippen molar-refractivity contribution in [2.24, 2.45) is 11.3 Å². The molecule has 2 aromatic carbocycles. The van der Waals surface area contributed by atoms with Gasteiger partial charge in [-0.05, 0) is 113 Å². The number of alkyl carbamates (subject to hydrolysis) is 1.